The number of ether oxygens (including phenoxy) is 1. The normalized spacial score (nSPS) is 10.5. The summed E-state index contributed by atoms with van der Waals surface area (Å²) in [5.41, 5.74) is 0.980. The highest BCUT2D eigenvalue weighted by atomic mass is 35.5. The van der Waals surface area contributed by atoms with Gasteiger partial charge in [0.05, 0.1) is 5.02 Å². The Labute approximate surface area is 172 Å². The van der Waals surface area contributed by atoms with Crippen molar-refractivity contribution >= 4 is 34.3 Å². The quantitative estimate of drug-likeness (QED) is 0.493. The highest BCUT2D eigenvalue weighted by Crippen LogP contribution is 2.29. The number of fused-ring (bicyclic) bond motifs is 1. The molecule has 0 unspecified atom stereocenters. The molecule has 150 valence electrons. The predicted molar refractivity (Wildman–Crippen MR) is 110 cm³/mol. The molecular formula is C21H20ClN3O4. The molecule has 0 aliphatic carbocycles. The van der Waals surface area contributed by atoms with E-state index in [1.807, 2.05) is 6.07 Å². The molecule has 1 heterocycles. The molecule has 0 spiro atoms. The molecule has 8 heteroatoms. The van der Waals surface area contributed by atoms with Gasteiger partial charge in [-0.3, -0.25) is 14.6 Å². The van der Waals surface area contributed by atoms with Gasteiger partial charge in [0.2, 0.25) is 0 Å². The maximum atomic E-state index is 12.0. The van der Waals surface area contributed by atoms with Gasteiger partial charge in [-0.1, -0.05) is 17.7 Å². The Hall–Kier alpha value is -3.32. The second kappa shape index (κ2) is 9.75. The topological polar surface area (TPSA) is 101 Å². The molecular weight excluding hydrogens is 394 g/mol. The molecule has 3 rings (SSSR count). The molecule has 0 saturated heterocycles. The van der Waals surface area contributed by atoms with E-state index in [-0.39, 0.29) is 24.2 Å². The zero-order valence-corrected chi connectivity index (χ0v) is 16.3. The van der Waals surface area contributed by atoms with Crippen LogP contribution in [-0.2, 0) is 4.79 Å². The summed E-state index contributed by atoms with van der Waals surface area (Å²) in [7, 11) is 0. The summed E-state index contributed by atoms with van der Waals surface area (Å²) in [5.74, 6) is -0.0341. The van der Waals surface area contributed by atoms with Crippen molar-refractivity contribution in [3.8, 4) is 11.5 Å². The van der Waals surface area contributed by atoms with E-state index < -0.39 is 0 Å². The van der Waals surface area contributed by atoms with E-state index >= 15 is 0 Å². The van der Waals surface area contributed by atoms with Crippen molar-refractivity contribution in [2.75, 3.05) is 19.7 Å². The molecule has 0 fully saturated rings. The lowest BCUT2D eigenvalue weighted by atomic mass is 10.2. The average molecular weight is 414 g/mol. The van der Waals surface area contributed by atoms with Crippen LogP contribution in [0.1, 0.15) is 16.8 Å². The molecule has 0 aliphatic rings. The SMILES string of the molecule is O=C(COc1ccc(Cl)c2cccnc12)NCCCNC(=O)c1cccc(O)c1. The number of nitrogens with zero attached hydrogens (tertiary/aromatic N) is 1. The van der Waals surface area contributed by atoms with Gasteiger partial charge in [0.25, 0.3) is 11.8 Å². The summed E-state index contributed by atoms with van der Waals surface area (Å²) in [6.45, 7) is 0.631. The van der Waals surface area contributed by atoms with Crippen molar-refractivity contribution in [2.24, 2.45) is 0 Å². The molecule has 0 aliphatic heterocycles. The lowest BCUT2D eigenvalue weighted by Crippen LogP contribution is -2.32. The minimum atomic E-state index is -0.280. The Morgan fingerprint density at radius 3 is 2.72 bits per heavy atom. The number of aromatic nitrogens is 1. The number of carbonyl (C=O) groups excluding carboxylic acids is 2. The van der Waals surface area contributed by atoms with E-state index in [1.54, 1.807) is 36.5 Å². The van der Waals surface area contributed by atoms with Crippen LogP contribution >= 0.6 is 11.6 Å². The number of benzene rings is 2. The number of nitrogens with one attached hydrogen (secondary N) is 2. The van der Waals surface area contributed by atoms with E-state index in [0.29, 0.717) is 41.4 Å². The number of rotatable bonds is 8. The van der Waals surface area contributed by atoms with Crippen LogP contribution in [0.15, 0.2) is 54.7 Å². The average Bonchev–Trinajstić information content (AvgIpc) is 2.73. The predicted octanol–water partition coefficient (Wildman–Crippen LogP) is 2.91. The van der Waals surface area contributed by atoms with Gasteiger partial charge in [-0.2, -0.15) is 0 Å². The number of pyridine rings is 1. The number of phenols is 1. The number of amides is 2. The Kier molecular flexibility index (Phi) is 6.86. The zero-order valence-electron chi connectivity index (χ0n) is 15.5. The largest absolute Gasteiger partial charge is 0.508 e. The van der Waals surface area contributed by atoms with Crippen molar-refractivity contribution in [3.63, 3.8) is 0 Å². The van der Waals surface area contributed by atoms with Gasteiger partial charge in [0, 0.05) is 30.2 Å². The summed E-state index contributed by atoms with van der Waals surface area (Å²) in [6, 6.07) is 13.1. The van der Waals surface area contributed by atoms with E-state index in [4.69, 9.17) is 16.3 Å². The summed E-state index contributed by atoms with van der Waals surface area (Å²) in [4.78, 5) is 28.2. The van der Waals surface area contributed by atoms with Crippen molar-refractivity contribution in [2.45, 2.75) is 6.42 Å². The summed E-state index contributed by atoms with van der Waals surface area (Å²) in [5, 5.41) is 16.2. The van der Waals surface area contributed by atoms with Crippen molar-refractivity contribution in [1.82, 2.24) is 15.6 Å². The van der Waals surface area contributed by atoms with Crippen molar-refractivity contribution in [1.29, 1.82) is 0 Å². The van der Waals surface area contributed by atoms with Crippen LogP contribution in [-0.4, -0.2) is 41.6 Å². The maximum Gasteiger partial charge on any atom is 0.257 e. The number of halogens is 1. The van der Waals surface area contributed by atoms with Crippen LogP contribution in [0.2, 0.25) is 5.02 Å². The van der Waals surface area contributed by atoms with Gasteiger partial charge >= 0.3 is 0 Å². The molecule has 0 saturated carbocycles. The van der Waals surface area contributed by atoms with Gasteiger partial charge in [0.1, 0.15) is 17.0 Å². The van der Waals surface area contributed by atoms with Crippen LogP contribution in [0.3, 0.4) is 0 Å². The van der Waals surface area contributed by atoms with E-state index in [2.05, 4.69) is 15.6 Å². The fourth-order valence-electron chi connectivity index (χ4n) is 2.69. The molecule has 3 aromatic rings. The number of hydrogen-bond donors (Lipinski definition) is 3. The van der Waals surface area contributed by atoms with Gasteiger partial charge in [-0.15, -0.1) is 0 Å². The van der Waals surface area contributed by atoms with Gasteiger partial charge in [-0.05, 0) is 48.9 Å². The minimum Gasteiger partial charge on any atom is -0.508 e. The first kappa shape index (κ1) is 20.4. The third-order valence-corrected chi connectivity index (χ3v) is 4.44. The van der Waals surface area contributed by atoms with E-state index in [1.165, 1.54) is 12.1 Å². The van der Waals surface area contributed by atoms with Gasteiger partial charge < -0.3 is 20.5 Å². The lowest BCUT2D eigenvalue weighted by molar-refractivity contribution is -0.123. The lowest BCUT2D eigenvalue weighted by Gasteiger charge is -2.10. The van der Waals surface area contributed by atoms with Crippen molar-refractivity contribution in [3.05, 3.63) is 65.3 Å². The van der Waals surface area contributed by atoms with E-state index in [9.17, 15) is 14.7 Å². The minimum absolute atomic E-state index is 0.0357. The van der Waals surface area contributed by atoms with Crippen LogP contribution in [0.4, 0.5) is 0 Å². The third kappa shape index (κ3) is 5.58. The highest BCUT2D eigenvalue weighted by molar-refractivity contribution is 6.35. The number of carbonyl (C=O) groups is 2. The van der Waals surface area contributed by atoms with Crippen molar-refractivity contribution < 1.29 is 19.4 Å². The number of phenolic OH excluding ortho intramolecular Hbond substituents is 1. The molecule has 1 aromatic heterocycles. The van der Waals surface area contributed by atoms with Crippen LogP contribution < -0.4 is 15.4 Å². The second-order valence-electron chi connectivity index (χ2n) is 6.24. The molecule has 7 nitrogen and oxygen atoms in total. The van der Waals surface area contributed by atoms with Gasteiger partial charge in [-0.25, -0.2) is 0 Å². The first-order valence-electron chi connectivity index (χ1n) is 9.04. The fourth-order valence-corrected chi connectivity index (χ4v) is 2.91. The first-order chi connectivity index (χ1) is 14.0. The zero-order chi connectivity index (χ0) is 20.6. The number of hydrogen-bond acceptors (Lipinski definition) is 5. The van der Waals surface area contributed by atoms with Crippen LogP contribution in [0.25, 0.3) is 10.9 Å². The summed E-state index contributed by atoms with van der Waals surface area (Å²) >= 11 is 6.14. The summed E-state index contributed by atoms with van der Waals surface area (Å²) in [6.07, 6.45) is 2.19. The highest BCUT2D eigenvalue weighted by Gasteiger charge is 2.09. The Bertz CT molecular complexity index is 1030. The second-order valence-corrected chi connectivity index (χ2v) is 6.65. The molecule has 0 bridgehead atoms. The Morgan fingerprint density at radius 2 is 1.90 bits per heavy atom. The van der Waals surface area contributed by atoms with E-state index in [0.717, 1.165) is 5.39 Å². The maximum absolute atomic E-state index is 12.0. The van der Waals surface area contributed by atoms with Crippen LogP contribution in [0.5, 0.6) is 11.5 Å². The third-order valence-electron chi connectivity index (χ3n) is 4.11. The molecule has 2 aromatic carbocycles. The van der Waals surface area contributed by atoms with Crippen LogP contribution in [0, 0.1) is 0 Å². The van der Waals surface area contributed by atoms with Gasteiger partial charge in [0.15, 0.2) is 6.61 Å². The monoisotopic (exact) mass is 413 g/mol. The molecule has 3 N–H and O–H groups in total. The Balaban J connectivity index is 1.39. The first-order valence-corrected chi connectivity index (χ1v) is 9.42. The Morgan fingerprint density at radius 1 is 1.07 bits per heavy atom. The fraction of sp³-hybridized carbons (Fsp3) is 0.190. The number of aromatic hydroxyl groups is 1. The molecule has 29 heavy (non-hydrogen) atoms. The summed E-state index contributed by atoms with van der Waals surface area (Å²) < 4.78 is 5.57. The molecule has 0 atom stereocenters. The molecule has 0 radical (unpaired) electrons. The molecule has 2 amide bonds. The smallest absolute Gasteiger partial charge is 0.257 e. The standard InChI is InChI=1S/C21H20ClN3O4/c22-17-7-8-18(20-16(17)6-2-9-24-20)29-13-19(27)23-10-3-11-25-21(28)14-4-1-5-15(26)12-14/h1-2,4-9,12,26H,3,10-11,13H2,(H,23,27)(H,25,28).